The second kappa shape index (κ2) is 3.67. The van der Waals surface area contributed by atoms with Gasteiger partial charge < -0.3 is 5.73 Å². The Morgan fingerprint density at radius 1 is 1.55 bits per heavy atom. The summed E-state index contributed by atoms with van der Waals surface area (Å²) in [6, 6.07) is 1.91. The zero-order valence-corrected chi connectivity index (χ0v) is 7.93. The molecular weight excluding hydrogens is 206 g/mol. The van der Waals surface area contributed by atoms with Crippen molar-refractivity contribution >= 4 is 21.7 Å². The molecule has 0 aromatic carbocycles. The first-order chi connectivity index (χ1) is 5.24. The van der Waals surface area contributed by atoms with E-state index in [1.807, 2.05) is 6.07 Å². The molecule has 0 radical (unpaired) electrons. The van der Waals surface area contributed by atoms with Gasteiger partial charge in [0.2, 0.25) is 0 Å². The number of nitrogen functional groups attached to an aromatic ring is 1. The van der Waals surface area contributed by atoms with Gasteiger partial charge in [-0.2, -0.15) is 5.10 Å². The number of nitrogens with two attached hydrogens (primary N) is 1. The summed E-state index contributed by atoms with van der Waals surface area (Å²) in [5, 5.41) is 7.70. The van der Waals surface area contributed by atoms with Gasteiger partial charge in [0.15, 0.2) is 5.82 Å². The third-order valence-corrected chi connectivity index (χ3v) is 1.97. The fourth-order valence-corrected chi connectivity index (χ4v) is 1.14. The van der Waals surface area contributed by atoms with Crippen LogP contribution in [-0.4, -0.2) is 10.2 Å². The van der Waals surface area contributed by atoms with E-state index in [0.29, 0.717) is 5.82 Å². The Balaban J connectivity index is 2.86. The van der Waals surface area contributed by atoms with Crippen LogP contribution in [0.5, 0.6) is 0 Å². The number of hydrogen-bond donors (Lipinski definition) is 1. The Bertz CT molecular complexity index is 249. The highest BCUT2D eigenvalue weighted by molar-refractivity contribution is 9.10. The van der Waals surface area contributed by atoms with Gasteiger partial charge in [0.25, 0.3) is 0 Å². The minimum Gasteiger partial charge on any atom is -0.381 e. The summed E-state index contributed by atoms with van der Waals surface area (Å²) >= 11 is 3.29. The number of hydrogen-bond acceptors (Lipinski definition) is 3. The molecule has 1 rings (SSSR count). The van der Waals surface area contributed by atoms with Crippen LogP contribution >= 0.6 is 15.9 Å². The predicted molar refractivity (Wildman–Crippen MR) is 48.1 cm³/mol. The first-order valence-electron chi connectivity index (χ1n) is 3.51. The van der Waals surface area contributed by atoms with Crippen molar-refractivity contribution in [1.29, 1.82) is 0 Å². The maximum absolute atomic E-state index is 5.46. The first kappa shape index (κ1) is 8.46. The van der Waals surface area contributed by atoms with E-state index in [1.54, 1.807) is 0 Å². The summed E-state index contributed by atoms with van der Waals surface area (Å²) in [5.74, 6) is 0.449. The van der Waals surface area contributed by atoms with Gasteiger partial charge in [0.1, 0.15) is 0 Å². The molecule has 0 amide bonds. The monoisotopic (exact) mass is 215 g/mol. The van der Waals surface area contributed by atoms with Crippen molar-refractivity contribution in [1.82, 2.24) is 10.2 Å². The molecule has 4 heteroatoms. The summed E-state index contributed by atoms with van der Waals surface area (Å²) < 4.78 is 0.830. The molecule has 0 aliphatic rings. The number of rotatable bonds is 2. The normalized spacial score (nSPS) is 10.0. The lowest BCUT2D eigenvalue weighted by Crippen LogP contribution is -1.98. The van der Waals surface area contributed by atoms with E-state index in [9.17, 15) is 0 Å². The Kier molecular flexibility index (Phi) is 2.82. The zero-order chi connectivity index (χ0) is 8.27. The topological polar surface area (TPSA) is 51.8 Å². The van der Waals surface area contributed by atoms with Gasteiger partial charge in [-0.15, -0.1) is 5.10 Å². The number of halogens is 1. The lowest BCUT2D eigenvalue weighted by atomic mass is 10.2. The molecule has 1 heterocycles. The Hall–Kier alpha value is -0.640. The molecule has 0 bridgehead atoms. The van der Waals surface area contributed by atoms with Gasteiger partial charge in [0.05, 0.1) is 10.2 Å². The lowest BCUT2D eigenvalue weighted by molar-refractivity contribution is 0.839. The Morgan fingerprint density at radius 3 is 2.82 bits per heavy atom. The van der Waals surface area contributed by atoms with Crippen molar-refractivity contribution < 1.29 is 0 Å². The van der Waals surface area contributed by atoms with Gasteiger partial charge in [-0.3, -0.25) is 0 Å². The zero-order valence-electron chi connectivity index (χ0n) is 6.34. The third-order valence-electron chi connectivity index (χ3n) is 1.33. The molecule has 0 saturated carbocycles. The molecule has 1 aromatic heterocycles. The summed E-state index contributed by atoms with van der Waals surface area (Å²) in [6.45, 7) is 2.10. The van der Waals surface area contributed by atoms with E-state index in [1.165, 1.54) is 0 Å². The summed E-state index contributed by atoms with van der Waals surface area (Å²) in [7, 11) is 0. The average molecular weight is 216 g/mol. The van der Waals surface area contributed by atoms with Crippen molar-refractivity contribution in [2.24, 2.45) is 0 Å². The van der Waals surface area contributed by atoms with E-state index in [-0.39, 0.29) is 0 Å². The van der Waals surface area contributed by atoms with E-state index < -0.39 is 0 Å². The molecule has 0 aliphatic carbocycles. The minimum absolute atomic E-state index is 0.449. The van der Waals surface area contributed by atoms with Gasteiger partial charge in [0, 0.05) is 0 Å². The number of aromatic nitrogens is 2. The van der Waals surface area contributed by atoms with Crippen molar-refractivity contribution in [3.63, 3.8) is 0 Å². The van der Waals surface area contributed by atoms with Crippen LogP contribution in [0.2, 0.25) is 0 Å². The maximum Gasteiger partial charge on any atom is 0.160 e. The summed E-state index contributed by atoms with van der Waals surface area (Å²) in [6.07, 6.45) is 2.02. The van der Waals surface area contributed by atoms with Gasteiger partial charge >= 0.3 is 0 Å². The molecule has 0 aliphatic heterocycles. The van der Waals surface area contributed by atoms with E-state index >= 15 is 0 Å². The summed E-state index contributed by atoms with van der Waals surface area (Å²) in [4.78, 5) is 0. The first-order valence-corrected chi connectivity index (χ1v) is 4.31. The smallest absolute Gasteiger partial charge is 0.160 e. The molecule has 0 unspecified atom stereocenters. The summed E-state index contributed by atoms with van der Waals surface area (Å²) in [5.41, 5.74) is 6.44. The lowest BCUT2D eigenvalue weighted by Gasteiger charge is -1.98. The van der Waals surface area contributed by atoms with Crippen molar-refractivity contribution in [3.8, 4) is 0 Å². The van der Waals surface area contributed by atoms with Crippen molar-refractivity contribution in [2.45, 2.75) is 19.8 Å². The molecule has 11 heavy (non-hydrogen) atoms. The number of aryl methyl sites for hydroxylation is 1. The van der Waals surface area contributed by atoms with E-state index in [0.717, 1.165) is 23.0 Å². The minimum atomic E-state index is 0.449. The van der Waals surface area contributed by atoms with E-state index in [4.69, 9.17) is 5.73 Å². The molecular formula is C7H10BrN3. The van der Waals surface area contributed by atoms with Crippen LogP contribution in [0.15, 0.2) is 10.5 Å². The van der Waals surface area contributed by atoms with Crippen molar-refractivity contribution in [3.05, 3.63) is 16.2 Å². The SMILES string of the molecule is CCCc1cc(Br)c(N)nn1. The largest absolute Gasteiger partial charge is 0.381 e. The van der Waals surface area contributed by atoms with Crippen LogP contribution in [0.3, 0.4) is 0 Å². The molecule has 1 aromatic rings. The fraction of sp³-hybridized carbons (Fsp3) is 0.429. The van der Waals surface area contributed by atoms with Gasteiger partial charge in [-0.05, 0) is 28.4 Å². The van der Waals surface area contributed by atoms with Gasteiger partial charge in [-0.1, -0.05) is 13.3 Å². The molecule has 0 spiro atoms. The van der Waals surface area contributed by atoms with Crippen LogP contribution in [0, 0.1) is 0 Å². The highest BCUT2D eigenvalue weighted by Crippen LogP contribution is 2.16. The third kappa shape index (κ3) is 2.15. The van der Waals surface area contributed by atoms with Gasteiger partial charge in [-0.25, -0.2) is 0 Å². The number of anilines is 1. The molecule has 60 valence electrons. The molecule has 3 nitrogen and oxygen atoms in total. The average Bonchev–Trinajstić information content (AvgIpc) is 1.98. The second-order valence-corrected chi connectivity index (χ2v) is 3.17. The second-order valence-electron chi connectivity index (χ2n) is 2.32. The molecule has 0 fully saturated rings. The maximum atomic E-state index is 5.46. The molecule has 0 atom stereocenters. The molecule has 0 saturated heterocycles. The van der Waals surface area contributed by atoms with Crippen LogP contribution in [0.25, 0.3) is 0 Å². The number of nitrogens with zero attached hydrogens (tertiary/aromatic N) is 2. The Morgan fingerprint density at radius 2 is 2.27 bits per heavy atom. The fourth-order valence-electron chi connectivity index (χ4n) is 0.793. The van der Waals surface area contributed by atoms with Crippen LogP contribution in [0.1, 0.15) is 19.0 Å². The predicted octanol–water partition coefficient (Wildman–Crippen LogP) is 1.77. The van der Waals surface area contributed by atoms with Crippen LogP contribution in [0.4, 0.5) is 5.82 Å². The standard InChI is InChI=1S/C7H10BrN3/c1-2-3-5-4-6(8)7(9)11-10-5/h4H,2-3H2,1H3,(H2,9,11). The van der Waals surface area contributed by atoms with E-state index in [2.05, 4.69) is 33.1 Å². The van der Waals surface area contributed by atoms with Crippen LogP contribution in [-0.2, 0) is 6.42 Å². The Labute approximate surface area is 74.1 Å². The highest BCUT2D eigenvalue weighted by Gasteiger charge is 1.99. The highest BCUT2D eigenvalue weighted by atomic mass is 79.9. The van der Waals surface area contributed by atoms with Crippen molar-refractivity contribution in [2.75, 3.05) is 5.73 Å². The quantitative estimate of drug-likeness (QED) is 0.819. The molecule has 2 N–H and O–H groups in total. The van der Waals surface area contributed by atoms with Crippen LogP contribution < -0.4 is 5.73 Å².